The van der Waals surface area contributed by atoms with E-state index in [0.717, 1.165) is 28.4 Å². The van der Waals surface area contributed by atoms with Gasteiger partial charge in [0.1, 0.15) is 5.75 Å². The highest BCUT2D eigenvalue weighted by molar-refractivity contribution is 14.1. The molecule has 1 fully saturated rings. The number of carbonyl (C=O) groups excluding carboxylic acids is 1. The molecule has 0 unspecified atom stereocenters. The number of nitrogens with one attached hydrogen (secondary N) is 1. The highest BCUT2D eigenvalue weighted by Crippen LogP contribution is 2.38. The summed E-state index contributed by atoms with van der Waals surface area (Å²) in [5.74, 6) is 0.334. The van der Waals surface area contributed by atoms with Gasteiger partial charge < -0.3 is 20.7 Å². The maximum absolute atomic E-state index is 12.6. The van der Waals surface area contributed by atoms with E-state index in [1.807, 2.05) is 0 Å². The van der Waals surface area contributed by atoms with Gasteiger partial charge in [-0.05, 0) is 60.4 Å². The third kappa shape index (κ3) is 5.73. The molecule has 1 aromatic heterocycles. The first kappa shape index (κ1) is 24.1. The lowest BCUT2D eigenvalue weighted by Gasteiger charge is -2.28. The van der Waals surface area contributed by atoms with Crippen LogP contribution < -0.4 is 15.8 Å². The monoisotopic (exact) mass is 595 g/mol. The number of anilines is 1. The number of hydrogen-bond donors (Lipinski definition) is 2. The zero-order valence-corrected chi connectivity index (χ0v) is 20.4. The van der Waals surface area contributed by atoms with Gasteiger partial charge in [0.2, 0.25) is 5.95 Å². The maximum Gasteiger partial charge on any atom is 0.389 e. The second-order valence-corrected chi connectivity index (χ2v) is 9.69. The molecule has 178 valence electrons. The first-order valence-electron chi connectivity index (χ1n) is 10.5. The molecule has 4 rings (SSSR count). The van der Waals surface area contributed by atoms with E-state index in [0.29, 0.717) is 30.0 Å². The molecule has 1 aliphatic heterocycles. The van der Waals surface area contributed by atoms with Crippen LogP contribution in [0.25, 0.3) is 11.3 Å². The van der Waals surface area contributed by atoms with E-state index >= 15 is 0 Å². The van der Waals surface area contributed by atoms with Crippen LogP contribution in [0.3, 0.4) is 0 Å². The van der Waals surface area contributed by atoms with Gasteiger partial charge in [0, 0.05) is 27.2 Å². The molecule has 2 aromatic rings. The number of carbonyl (C=O) groups is 1. The number of alkyl halides is 3. The summed E-state index contributed by atoms with van der Waals surface area (Å²) in [6, 6.07) is 3.38. The molecule has 0 radical (unpaired) electrons. The number of hydrogen-bond acceptors (Lipinski definition) is 5. The Balaban J connectivity index is 1.56. The van der Waals surface area contributed by atoms with Crippen LogP contribution >= 0.6 is 34.2 Å². The van der Waals surface area contributed by atoms with Crippen molar-refractivity contribution in [2.45, 2.75) is 57.4 Å². The molecule has 0 saturated heterocycles. The summed E-state index contributed by atoms with van der Waals surface area (Å²) in [4.78, 5) is 23.0. The number of urea groups is 1. The van der Waals surface area contributed by atoms with Gasteiger partial charge in [0.15, 0.2) is 0 Å². The van der Waals surface area contributed by atoms with Crippen molar-refractivity contribution >= 4 is 46.2 Å². The molecule has 1 aliphatic carbocycles. The lowest BCUT2D eigenvalue weighted by atomic mass is 9.93. The Morgan fingerprint density at radius 1 is 1.30 bits per heavy atom. The number of nitrogens with zero attached hydrogens (tertiary/aromatic N) is 3. The molecule has 2 amide bonds. The zero-order chi connectivity index (χ0) is 23.8. The average Bonchev–Trinajstić information content (AvgIpc) is 3.12. The van der Waals surface area contributed by atoms with Crippen LogP contribution in [0.1, 0.15) is 43.4 Å². The molecule has 2 heterocycles. The molecular formula is C21H22ClF3IN5O2. The van der Waals surface area contributed by atoms with Crippen molar-refractivity contribution in [3.63, 3.8) is 0 Å². The minimum absolute atomic E-state index is 0.0726. The van der Waals surface area contributed by atoms with Gasteiger partial charge >= 0.3 is 12.2 Å². The molecule has 0 atom stereocenters. The quantitative estimate of drug-likeness (QED) is 0.350. The van der Waals surface area contributed by atoms with Gasteiger partial charge in [0.25, 0.3) is 0 Å². The van der Waals surface area contributed by atoms with Crippen molar-refractivity contribution in [3.8, 4) is 17.0 Å². The number of nitrogens with two attached hydrogens (primary N) is 1. The topological polar surface area (TPSA) is 93.4 Å². The van der Waals surface area contributed by atoms with Crippen molar-refractivity contribution in [2.24, 2.45) is 0 Å². The first-order valence-corrected chi connectivity index (χ1v) is 12.0. The third-order valence-corrected chi connectivity index (χ3v) is 6.85. The van der Waals surface area contributed by atoms with Crippen molar-refractivity contribution in [1.82, 2.24) is 20.2 Å². The molecule has 7 nitrogen and oxygen atoms in total. The fourth-order valence-corrected chi connectivity index (χ4v) is 4.86. The van der Waals surface area contributed by atoms with Crippen LogP contribution in [0.2, 0.25) is 5.02 Å². The van der Waals surface area contributed by atoms with E-state index in [2.05, 4.69) is 37.9 Å². The predicted molar refractivity (Wildman–Crippen MR) is 126 cm³/mol. The van der Waals surface area contributed by atoms with Crippen LogP contribution in [0.4, 0.5) is 23.9 Å². The minimum Gasteiger partial charge on any atom is -0.492 e. The average molecular weight is 596 g/mol. The summed E-state index contributed by atoms with van der Waals surface area (Å²) in [5, 5.41) is 3.31. The number of benzene rings is 1. The van der Waals surface area contributed by atoms with Crippen molar-refractivity contribution in [2.75, 3.05) is 12.3 Å². The summed E-state index contributed by atoms with van der Waals surface area (Å²) in [6.45, 7) is 0.515. The Morgan fingerprint density at radius 2 is 2.06 bits per heavy atom. The van der Waals surface area contributed by atoms with E-state index in [9.17, 15) is 18.0 Å². The molecule has 3 N–H and O–H groups in total. The summed E-state index contributed by atoms with van der Waals surface area (Å²) in [5.41, 5.74) is 8.61. The molecule has 1 aromatic carbocycles. The van der Waals surface area contributed by atoms with E-state index in [1.54, 1.807) is 17.0 Å². The number of ether oxygens (including phenoxy) is 1. The van der Waals surface area contributed by atoms with E-state index in [-0.39, 0.29) is 41.8 Å². The third-order valence-electron chi connectivity index (χ3n) is 5.66. The van der Waals surface area contributed by atoms with Crippen LogP contribution in [-0.4, -0.2) is 39.7 Å². The second kappa shape index (κ2) is 9.69. The molecule has 2 aliphatic rings. The number of rotatable bonds is 6. The fraction of sp³-hybridized carbons (Fsp3) is 0.476. The number of halogens is 5. The summed E-state index contributed by atoms with van der Waals surface area (Å²) in [7, 11) is 0. The molecular weight excluding hydrogens is 574 g/mol. The standard InChI is InChI=1S/C21H22ClF3IN5O2/c22-14-8-15(26)12(7-17(14)33-6-2-5-21(23,24)25)18-13-9-31(10-16(13)29-19(27)30-18)20(32)28-11-3-1-4-11/h7-8,11H,1-6,9-10H2,(H,28,32)(H2,27,29,30). The van der Waals surface area contributed by atoms with Crippen molar-refractivity contribution in [3.05, 3.63) is 32.0 Å². The first-order chi connectivity index (χ1) is 15.6. The number of nitrogen functional groups attached to an aromatic ring is 1. The van der Waals surface area contributed by atoms with Gasteiger partial charge in [-0.15, -0.1) is 0 Å². The van der Waals surface area contributed by atoms with Gasteiger partial charge in [0.05, 0.1) is 36.1 Å². The van der Waals surface area contributed by atoms with Gasteiger partial charge in [-0.2, -0.15) is 13.2 Å². The fourth-order valence-electron chi connectivity index (χ4n) is 3.73. The zero-order valence-electron chi connectivity index (χ0n) is 17.5. The van der Waals surface area contributed by atoms with Crippen LogP contribution in [0, 0.1) is 3.57 Å². The number of fused-ring (bicyclic) bond motifs is 1. The predicted octanol–water partition coefficient (Wildman–Crippen LogP) is 5.28. The van der Waals surface area contributed by atoms with Gasteiger partial charge in [-0.25, -0.2) is 14.8 Å². The summed E-state index contributed by atoms with van der Waals surface area (Å²) >= 11 is 8.37. The van der Waals surface area contributed by atoms with Gasteiger partial charge in [-0.1, -0.05) is 11.6 Å². The lowest BCUT2D eigenvalue weighted by molar-refractivity contribution is -0.136. The largest absolute Gasteiger partial charge is 0.492 e. The van der Waals surface area contributed by atoms with Crippen molar-refractivity contribution in [1.29, 1.82) is 0 Å². The molecule has 0 spiro atoms. The highest BCUT2D eigenvalue weighted by atomic mass is 127. The maximum atomic E-state index is 12.6. The normalized spacial score (nSPS) is 15.8. The number of amides is 2. The Morgan fingerprint density at radius 3 is 2.73 bits per heavy atom. The van der Waals surface area contributed by atoms with Crippen molar-refractivity contribution < 1.29 is 22.7 Å². The minimum atomic E-state index is -4.24. The molecule has 0 bridgehead atoms. The summed E-state index contributed by atoms with van der Waals surface area (Å²) < 4.78 is 43.5. The second-order valence-electron chi connectivity index (χ2n) is 8.12. The summed E-state index contributed by atoms with van der Waals surface area (Å²) in [6.07, 6.45) is -2.26. The Kier molecular flexibility index (Phi) is 7.08. The highest BCUT2D eigenvalue weighted by Gasteiger charge is 2.31. The Bertz CT molecular complexity index is 1070. The molecule has 12 heteroatoms. The van der Waals surface area contributed by atoms with Crippen LogP contribution in [0.5, 0.6) is 5.75 Å². The molecule has 1 saturated carbocycles. The van der Waals surface area contributed by atoms with Crippen LogP contribution in [0.15, 0.2) is 12.1 Å². The van der Waals surface area contributed by atoms with E-state index in [4.69, 9.17) is 22.1 Å². The number of aromatic nitrogens is 2. The SMILES string of the molecule is Nc1nc2c(c(-c3cc(OCCCC(F)(F)F)c(Cl)cc3I)n1)CN(C(=O)NC1CCC1)C2. The Labute approximate surface area is 207 Å². The van der Waals surface area contributed by atoms with Gasteiger partial charge in [-0.3, -0.25) is 0 Å². The van der Waals surface area contributed by atoms with E-state index in [1.165, 1.54) is 0 Å². The van der Waals surface area contributed by atoms with Crippen LogP contribution in [-0.2, 0) is 13.1 Å². The van der Waals surface area contributed by atoms with E-state index < -0.39 is 12.6 Å². The Hall–Kier alpha value is -2.02. The molecule has 33 heavy (non-hydrogen) atoms. The lowest BCUT2D eigenvalue weighted by Crippen LogP contribution is -2.45. The smallest absolute Gasteiger partial charge is 0.389 e.